The van der Waals surface area contributed by atoms with Crippen LogP contribution in [0.4, 0.5) is 4.79 Å². The van der Waals surface area contributed by atoms with Gasteiger partial charge < -0.3 is 9.64 Å². The van der Waals surface area contributed by atoms with Crippen molar-refractivity contribution in [3.8, 4) is 11.8 Å². The largest absolute Gasteiger partial charge is 0.444 e. The van der Waals surface area contributed by atoms with E-state index in [2.05, 4.69) is 21.8 Å². The fourth-order valence-corrected chi connectivity index (χ4v) is 2.95. The van der Waals surface area contributed by atoms with Gasteiger partial charge in [-0.1, -0.05) is 11.8 Å². The molecule has 1 amide bonds. The Labute approximate surface area is 158 Å². The Morgan fingerprint density at radius 1 is 1.31 bits per heavy atom. The van der Waals surface area contributed by atoms with Crippen LogP contribution in [0.5, 0.6) is 0 Å². The molecule has 0 saturated carbocycles. The minimum atomic E-state index is -0.461. The van der Waals surface area contributed by atoms with E-state index in [0.717, 1.165) is 29.3 Å². The number of fused-ring (bicyclic) bond motifs is 1. The van der Waals surface area contributed by atoms with Gasteiger partial charge in [-0.3, -0.25) is 0 Å². The number of carbonyl (C=O) groups is 1. The van der Waals surface area contributed by atoms with Crippen molar-refractivity contribution >= 4 is 28.6 Å². The van der Waals surface area contributed by atoms with Crippen molar-refractivity contribution < 1.29 is 9.53 Å². The quantitative estimate of drug-likeness (QED) is 0.512. The fourth-order valence-electron chi connectivity index (χ4n) is 2.81. The van der Waals surface area contributed by atoms with E-state index < -0.39 is 5.60 Å². The second-order valence-corrected chi connectivity index (χ2v) is 7.76. The zero-order chi connectivity index (χ0) is 18.7. The normalized spacial score (nSPS) is 15.5. The summed E-state index contributed by atoms with van der Waals surface area (Å²) in [6.07, 6.45) is 3.18. The highest BCUT2D eigenvalue weighted by Gasteiger charge is 2.26. The number of rotatable bonds is 0. The smallest absolute Gasteiger partial charge is 0.410 e. The van der Waals surface area contributed by atoms with E-state index >= 15 is 0 Å². The van der Waals surface area contributed by atoms with Gasteiger partial charge in [-0.15, -0.1) is 0 Å². The SMILES string of the molecule is CC(C)(C)OC(=O)N1CCC(C#Cc2ccc3nc(Cl)ncc3c2)CC1. The van der Waals surface area contributed by atoms with Crippen LogP contribution in [-0.4, -0.2) is 39.7 Å². The molecule has 0 radical (unpaired) electrons. The maximum Gasteiger partial charge on any atom is 0.410 e. The molecule has 2 aromatic rings. The zero-order valence-corrected chi connectivity index (χ0v) is 16.0. The van der Waals surface area contributed by atoms with Crippen molar-refractivity contribution in [1.29, 1.82) is 0 Å². The van der Waals surface area contributed by atoms with Gasteiger partial charge in [0, 0.05) is 36.2 Å². The molecule has 2 heterocycles. The molecule has 0 aliphatic carbocycles. The molecule has 0 spiro atoms. The van der Waals surface area contributed by atoms with Gasteiger partial charge in [-0.05, 0) is 63.4 Å². The number of aromatic nitrogens is 2. The molecule has 3 rings (SSSR count). The molecule has 0 unspecified atom stereocenters. The van der Waals surface area contributed by atoms with Crippen LogP contribution in [0.15, 0.2) is 24.4 Å². The molecule has 1 aromatic heterocycles. The Kier molecular flexibility index (Phi) is 5.33. The fraction of sp³-hybridized carbons (Fsp3) is 0.450. The Morgan fingerprint density at radius 2 is 2.04 bits per heavy atom. The van der Waals surface area contributed by atoms with Crippen LogP contribution >= 0.6 is 11.6 Å². The first-order valence-corrected chi connectivity index (χ1v) is 9.10. The number of hydrogen-bond donors (Lipinski definition) is 0. The average molecular weight is 372 g/mol. The summed E-state index contributed by atoms with van der Waals surface area (Å²) >= 11 is 5.80. The van der Waals surface area contributed by atoms with Crippen LogP contribution in [0.2, 0.25) is 5.28 Å². The number of piperidine rings is 1. The molecule has 136 valence electrons. The molecule has 6 heteroatoms. The molecule has 1 fully saturated rings. The third-order valence-corrected chi connectivity index (χ3v) is 4.30. The van der Waals surface area contributed by atoms with Gasteiger partial charge in [0.1, 0.15) is 5.60 Å². The van der Waals surface area contributed by atoms with Gasteiger partial charge in [0.2, 0.25) is 5.28 Å². The zero-order valence-electron chi connectivity index (χ0n) is 15.3. The van der Waals surface area contributed by atoms with Crippen molar-refractivity contribution in [2.24, 2.45) is 5.92 Å². The number of benzene rings is 1. The lowest BCUT2D eigenvalue weighted by Crippen LogP contribution is -2.41. The second-order valence-electron chi connectivity index (χ2n) is 7.42. The topological polar surface area (TPSA) is 55.3 Å². The molecule has 1 aliphatic rings. The Morgan fingerprint density at radius 3 is 2.73 bits per heavy atom. The van der Waals surface area contributed by atoms with Gasteiger partial charge in [0.05, 0.1) is 5.52 Å². The third kappa shape index (κ3) is 4.86. The highest BCUT2D eigenvalue weighted by molar-refractivity contribution is 6.28. The summed E-state index contributed by atoms with van der Waals surface area (Å²) in [5.41, 5.74) is 1.27. The molecule has 0 N–H and O–H groups in total. The van der Waals surface area contributed by atoms with Crippen LogP contribution in [-0.2, 0) is 4.74 Å². The standard InChI is InChI=1S/C20H22ClN3O2/c1-20(2,3)26-19(25)24-10-8-14(9-11-24)4-5-15-6-7-17-16(12-15)13-22-18(21)23-17/h6-7,12-14H,8-11H2,1-3H3. The summed E-state index contributed by atoms with van der Waals surface area (Å²) in [7, 11) is 0. The van der Waals surface area contributed by atoms with Gasteiger partial charge in [-0.2, -0.15) is 0 Å². The summed E-state index contributed by atoms with van der Waals surface area (Å²) in [6, 6.07) is 5.81. The Bertz CT molecular complexity index is 872. The molecular weight excluding hydrogens is 350 g/mol. The van der Waals surface area contributed by atoms with Gasteiger partial charge in [0.15, 0.2) is 0 Å². The number of hydrogen-bond acceptors (Lipinski definition) is 4. The lowest BCUT2D eigenvalue weighted by Gasteiger charge is -2.31. The maximum atomic E-state index is 12.1. The average Bonchev–Trinajstić information content (AvgIpc) is 2.59. The van der Waals surface area contributed by atoms with Gasteiger partial charge >= 0.3 is 6.09 Å². The molecule has 5 nitrogen and oxygen atoms in total. The molecular formula is C20H22ClN3O2. The molecule has 1 aliphatic heterocycles. The molecule has 0 atom stereocenters. The van der Waals surface area contributed by atoms with E-state index in [9.17, 15) is 4.79 Å². The van der Waals surface area contributed by atoms with Crippen molar-refractivity contribution in [3.05, 3.63) is 35.2 Å². The number of nitrogens with zero attached hydrogens (tertiary/aromatic N) is 3. The minimum absolute atomic E-state index is 0.239. The minimum Gasteiger partial charge on any atom is -0.444 e. The van der Waals surface area contributed by atoms with Crippen molar-refractivity contribution in [2.45, 2.75) is 39.2 Å². The van der Waals surface area contributed by atoms with E-state index in [1.807, 2.05) is 39.0 Å². The van der Waals surface area contributed by atoms with Gasteiger partial charge in [0.25, 0.3) is 0 Å². The summed E-state index contributed by atoms with van der Waals surface area (Å²) in [4.78, 5) is 22.0. The van der Waals surface area contributed by atoms with E-state index in [1.165, 1.54) is 0 Å². The summed E-state index contributed by atoms with van der Waals surface area (Å²) < 4.78 is 5.42. The molecule has 1 aromatic carbocycles. The van der Waals surface area contributed by atoms with Crippen LogP contribution in [0.25, 0.3) is 10.9 Å². The van der Waals surface area contributed by atoms with Crippen molar-refractivity contribution in [1.82, 2.24) is 14.9 Å². The predicted octanol–water partition coefficient (Wildman–Crippen LogP) is 4.28. The number of halogens is 1. The number of amides is 1. The third-order valence-electron chi connectivity index (χ3n) is 4.12. The highest BCUT2D eigenvalue weighted by atomic mass is 35.5. The molecule has 26 heavy (non-hydrogen) atoms. The maximum absolute atomic E-state index is 12.1. The van der Waals surface area contributed by atoms with Crippen LogP contribution in [0.3, 0.4) is 0 Å². The van der Waals surface area contributed by atoms with E-state index in [1.54, 1.807) is 11.1 Å². The first-order valence-electron chi connectivity index (χ1n) is 8.72. The summed E-state index contributed by atoms with van der Waals surface area (Å²) in [5, 5.41) is 1.16. The molecule has 1 saturated heterocycles. The van der Waals surface area contributed by atoms with E-state index in [-0.39, 0.29) is 17.3 Å². The van der Waals surface area contributed by atoms with Gasteiger partial charge in [-0.25, -0.2) is 14.8 Å². The van der Waals surface area contributed by atoms with Crippen LogP contribution in [0.1, 0.15) is 39.2 Å². The summed E-state index contributed by atoms with van der Waals surface area (Å²) in [6.45, 7) is 7.00. The lowest BCUT2D eigenvalue weighted by atomic mass is 9.97. The van der Waals surface area contributed by atoms with Crippen molar-refractivity contribution in [3.63, 3.8) is 0 Å². The Hall–Kier alpha value is -2.32. The Balaban J connectivity index is 1.60. The highest BCUT2D eigenvalue weighted by Crippen LogP contribution is 2.20. The number of carbonyl (C=O) groups excluding carboxylic acids is 1. The first-order chi connectivity index (χ1) is 12.3. The first kappa shape index (κ1) is 18.5. The monoisotopic (exact) mass is 371 g/mol. The number of likely N-dealkylation sites (tertiary alicyclic amines) is 1. The van der Waals surface area contributed by atoms with Crippen LogP contribution < -0.4 is 0 Å². The van der Waals surface area contributed by atoms with Crippen molar-refractivity contribution in [2.75, 3.05) is 13.1 Å². The number of ether oxygens (including phenoxy) is 1. The lowest BCUT2D eigenvalue weighted by molar-refractivity contribution is 0.0199. The summed E-state index contributed by atoms with van der Waals surface area (Å²) in [5.74, 6) is 6.84. The van der Waals surface area contributed by atoms with E-state index in [0.29, 0.717) is 13.1 Å². The second kappa shape index (κ2) is 7.51. The van der Waals surface area contributed by atoms with E-state index in [4.69, 9.17) is 16.3 Å². The molecule has 0 bridgehead atoms. The van der Waals surface area contributed by atoms with Crippen LogP contribution in [0, 0.1) is 17.8 Å². The predicted molar refractivity (Wildman–Crippen MR) is 102 cm³/mol.